The summed E-state index contributed by atoms with van der Waals surface area (Å²) in [5.41, 5.74) is 1.21. The van der Waals surface area contributed by atoms with E-state index in [1.54, 1.807) is 19.0 Å². The second-order valence-corrected chi connectivity index (χ2v) is 8.43. The highest BCUT2D eigenvalue weighted by molar-refractivity contribution is 5.80. The number of piperidine rings is 1. The Hall–Kier alpha value is -2.74. The number of anilines is 1. The van der Waals surface area contributed by atoms with Crippen LogP contribution in [0.5, 0.6) is 0 Å². The Balaban J connectivity index is 1.64. The van der Waals surface area contributed by atoms with Gasteiger partial charge in [-0.3, -0.25) is 4.99 Å². The zero-order valence-corrected chi connectivity index (χ0v) is 19.4. The van der Waals surface area contributed by atoms with Gasteiger partial charge in [-0.05, 0) is 64.5 Å². The van der Waals surface area contributed by atoms with Gasteiger partial charge in [-0.25, -0.2) is 13.8 Å². The van der Waals surface area contributed by atoms with Crippen LogP contribution < -0.4 is 15.5 Å². The van der Waals surface area contributed by atoms with Gasteiger partial charge in [0.2, 0.25) is 0 Å². The Morgan fingerprint density at radius 2 is 1.88 bits per heavy atom. The predicted octanol–water partition coefficient (Wildman–Crippen LogP) is 3.50. The summed E-state index contributed by atoms with van der Waals surface area (Å²) < 4.78 is 28.7. The predicted molar refractivity (Wildman–Crippen MR) is 126 cm³/mol. The second-order valence-electron chi connectivity index (χ2n) is 8.43. The molecule has 0 amide bonds. The van der Waals surface area contributed by atoms with Gasteiger partial charge in [-0.15, -0.1) is 0 Å². The summed E-state index contributed by atoms with van der Waals surface area (Å²) in [6.07, 6.45) is 3.81. The SMILES string of the molecule is CCNC(=NCC(c1c(F)cccc1F)N(C)C)NC1CCN(c2ccc(C)cn2)CC1. The van der Waals surface area contributed by atoms with E-state index in [1.807, 2.05) is 20.0 Å². The third-order valence-corrected chi connectivity index (χ3v) is 5.78. The quantitative estimate of drug-likeness (QED) is 0.506. The van der Waals surface area contributed by atoms with Crippen molar-refractivity contribution in [2.75, 3.05) is 45.2 Å². The molecule has 6 nitrogen and oxygen atoms in total. The van der Waals surface area contributed by atoms with Gasteiger partial charge in [-0.2, -0.15) is 0 Å². The van der Waals surface area contributed by atoms with Gasteiger partial charge in [-0.1, -0.05) is 12.1 Å². The van der Waals surface area contributed by atoms with Gasteiger partial charge in [0.25, 0.3) is 0 Å². The zero-order chi connectivity index (χ0) is 23.1. The monoisotopic (exact) mass is 444 g/mol. The van der Waals surface area contributed by atoms with Crippen molar-refractivity contribution >= 4 is 11.8 Å². The topological polar surface area (TPSA) is 55.8 Å². The Bertz CT molecular complexity index is 872. The van der Waals surface area contributed by atoms with Crippen molar-refractivity contribution in [3.8, 4) is 0 Å². The van der Waals surface area contributed by atoms with Gasteiger partial charge in [0.05, 0.1) is 12.6 Å². The van der Waals surface area contributed by atoms with Crippen LogP contribution in [0, 0.1) is 18.6 Å². The molecule has 3 rings (SSSR count). The maximum Gasteiger partial charge on any atom is 0.191 e. The van der Waals surface area contributed by atoms with Gasteiger partial charge in [0.1, 0.15) is 17.5 Å². The molecule has 2 N–H and O–H groups in total. The number of pyridine rings is 1. The summed E-state index contributed by atoms with van der Waals surface area (Å²) in [5, 5.41) is 6.76. The van der Waals surface area contributed by atoms with E-state index in [0.29, 0.717) is 12.5 Å². The number of likely N-dealkylation sites (N-methyl/N-ethyl adjacent to an activating group) is 1. The number of nitrogens with one attached hydrogen (secondary N) is 2. The van der Waals surface area contributed by atoms with E-state index in [9.17, 15) is 8.78 Å². The Morgan fingerprint density at radius 1 is 1.19 bits per heavy atom. The van der Waals surface area contributed by atoms with Crippen LogP contribution in [0.2, 0.25) is 0 Å². The standard InChI is InChI=1S/C24H34F2N6/c1-5-27-24(29-16-21(31(3)4)23-19(25)7-6-8-20(23)26)30-18-11-13-32(14-12-18)22-10-9-17(2)15-28-22/h6-10,15,18,21H,5,11-14,16H2,1-4H3,(H2,27,29,30). The molecule has 0 bridgehead atoms. The molecule has 1 saturated heterocycles. The van der Waals surface area contributed by atoms with Gasteiger partial charge >= 0.3 is 0 Å². The number of guanidine groups is 1. The summed E-state index contributed by atoms with van der Waals surface area (Å²) in [7, 11) is 3.61. The van der Waals surface area contributed by atoms with Crippen molar-refractivity contribution in [3.63, 3.8) is 0 Å². The lowest BCUT2D eigenvalue weighted by molar-refractivity contribution is 0.290. The molecule has 1 aliphatic heterocycles. The Labute approximate surface area is 189 Å². The average Bonchev–Trinajstić information content (AvgIpc) is 2.76. The van der Waals surface area contributed by atoms with Gasteiger partial charge in [0.15, 0.2) is 5.96 Å². The Kier molecular flexibility index (Phi) is 8.39. The van der Waals surface area contributed by atoms with E-state index in [0.717, 1.165) is 37.3 Å². The van der Waals surface area contributed by atoms with E-state index in [2.05, 4.69) is 37.6 Å². The fraction of sp³-hybridized carbons (Fsp3) is 0.500. The van der Waals surface area contributed by atoms with Crippen LogP contribution in [0.15, 0.2) is 41.5 Å². The molecule has 1 atom stereocenters. The molecule has 0 saturated carbocycles. The van der Waals surface area contributed by atoms with Gasteiger partial charge < -0.3 is 20.4 Å². The van der Waals surface area contributed by atoms with Crippen LogP contribution in [-0.4, -0.2) is 62.2 Å². The summed E-state index contributed by atoms with van der Waals surface area (Å²) in [5.74, 6) is 0.585. The lowest BCUT2D eigenvalue weighted by atomic mass is 10.0. The van der Waals surface area contributed by atoms with E-state index >= 15 is 0 Å². The largest absolute Gasteiger partial charge is 0.357 e. The zero-order valence-electron chi connectivity index (χ0n) is 19.4. The van der Waals surface area contributed by atoms with Crippen molar-refractivity contribution in [2.24, 2.45) is 4.99 Å². The molecule has 1 unspecified atom stereocenters. The molecule has 8 heteroatoms. The molecule has 2 heterocycles. The molecule has 1 aliphatic rings. The minimum Gasteiger partial charge on any atom is -0.357 e. The number of rotatable bonds is 7. The number of hydrogen-bond acceptors (Lipinski definition) is 4. The minimum atomic E-state index is -0.547. The Morgan fingerprint density at radius 3 is 2.44 bits per heavy atom. The number of halogens is 2. The molecule has 0 aliphatic carbocycles. The second kappa shape index (κ2) is 11.2. The summed E-state index contributed by atoms with van der Waals surface area (Å²) in [6, 6.07) is 7.89. The fourth-order valence-electron chi connectivity index (χ4n) is 3.93. The van der Waals surface area contributed by atoms with Gasteiger partial charge in [0, 0.05) is 37.4 Å². The molecule has 0 radical (unpaired) electrons. The maximum atomic E-state index is 14.3. The van der Waals surface area contributed by atoms with E-state index in [4.69, 9.17) is 0 Å². The van der Waals surface area contributed by atoms with Crippen LogP contribution in [0.4, 0.5) is 14.6 Å². The molecule has 1 fully saturated rings. The normalized spacial score (nSPS) is 16.3. The summed E-state index contributed by atoms with van der Waals surface area (Å²) in [6.45, 7) is 6.81. The lowest BCUT2D eigenvalue weighted by Gasteiger charge is -2.34. The highest BCUT2D eigenvalue weighted by Crippen LogP contribution is 2.25. The first kappa shape index (κ1) is 23.9. The summed E-state index contributed by atoms with van der Waals surface area (Å²) >= 11 is 0. The fourth-order valence-corrected chi connectivity index (χ4v) is 3.93. The first-order valence-corrected chi connectivity index (χ1v) is 11.2. The average molecular weight is 445 g/mol. The smallest absolute Gasteiger partial charge is 0.191 e. The minimum absolute atomic E-state index is 0.0519. The van der Waals surface area contributed by atoms with Crippen LogP contribution in [0.3, 0.4) is 0 Å². The molecule has 1 aromatic heterocycles. The molecular weight excluding hydrogens is 410 g/mol. The third-order valence-electron chi connectivity index (χ3n) is 5.78. The van der Waals surface area contributed by atoms with Crippen molar-refractivity contribution in [3.05, 3.63) is 59.3 Å². The van der Waals surface area contributed by atoms with Crippen molar-refractivity contribution < 1.29 is 8.78 Å². The van der Waals surface area contributed by atoms with E-state index < -0.39 is 17.7 Å². The number of hydrogen-bond donors (Lipinski definition) is 2. The number of aliphatic imine (C=N–C) groups is 1. The molecule has 2 aromatic rings. The van der Waals surface area contributed by atoms with Crippen molar-refractivity contribution in [1.29, 1.82) is 0 Å². The first-order valence-electron chi connectivity index (χ1n) is 11.2. The van der Waals surface area contributed by atoms with E-state index in [-0.39, 0.29) is 18.2 Å². The number of aromatic nitrogens is 1. The first-order chi connectivity index (χ1) is 15.4. The van der Waals surface area contributed by atoms with Crippen LogP contribution >= 0.6 is 0 Å². The van der Waals surface area contributed by atoms with E-state index in [1.165, 1.54) is 18.2 Å². The maximum absolute atomic E-state index is 14.3. The molecule has 174 valence electrons. The number of nitrogens with zero attached hydrogens (tertiary/aromatic N) is 4. The third kappa shape index (κ3) is 6.16. The lowest BCUT2D eigenvalue weighted by Crippen LogP contribution is -2.49. The molecule has 1 aromatic carbocycles. The number of benzene rings is 1. The van der Waals surface area contributed by atoms with Crippen LogP contribution in [0.1, 0.15) is 36.9 Å². The molecule has 32 heavy (non-hydrogen) atoms. The molecule has 0 spiro atoms. The van der Waals surface area contributed by atoms with Crippen LogP contribution in [-0.2, 0) is 0 Å². The highest BCUT2D eigenvalue weighted by atomic mass is 19.1. The summed E-state index contributed by atoms with van der Waals surface area (Å²) in [4.78, 5) is 13.3. The van der Waals surface area contributed by atoms with Crippen molar-refractivity contribution in [2.45, 2.75) is 38.8 Å². The molecular formula is C24H34F2N6. The number of aryl methyl sites for hydroxylation is 1. The van der Waals surface area contributed by atoms with Crippen LogP contribution in [0.25, 0.3) is 0 Å². The van der Waals surface area contributed by atoms with Crippen molar-refractivity contribution in [1.82, 2.24) is 20.5 Å². The highest BCUT2D eigenvalue weighted by Gasteiger charge is 2.23.